The number of rotatable bonds is 13. The summed E-state index contributed by atoms with van der Waals surface area (Å²) in [5.74, 6) is 1.81. The molecule has 0 amide bonds. The fourth-order valence-electron chi connectivity index (χ4n) is 3.34. The van der Waals surface area contributed by atoms with Crippen LogP contribution in [-0.4, -0.2) is 20.8 Å². The molecule has 0 aromatic heterocycles. The highest BCUT2D eigenvalue weighted by atomic mass is 16.5. The van der Waals surface area contributed by atoms with Crippen LogP contribution in [0.5, 0.6) is 11.5 Å². The molecular formula is C24H35NO2. The first-order valence-electron chi connectivity index (χ1n) is 10.3. The Kier molecular flexibility index (Phi) is 9.61. The summed E-state index contributed by atoms with van der Waals surface area (Å²) in [5, 5.41) is 0. The third kappa shape index (κ3) is 7.54. The molecule has 0 saturated carbocycles. The van der Waals surface area contributed by atoms with Crippen LogP contribution in [0.25, 0.3) is 0 Å². The van der Waals surface area contributed by atoms with E-state index in [1.165, 1.54) is 56.2 Å². The maximum absolute atomic E-state index is 5.38. The van der Waals surface area contributed by atoms with E-state index in [1.807, 2.05) is 18.2 Å². The molecule has 0 fully saturated rings. The molecule has 3 heteroatoms. The third-order valence-electron chi connectivity index (χ3n) is 4.98. The van der Waals surface area contributed by atoms with Crippen LogP contribution in [0, 0.1) is 0 Å². The maximum Gasteiger partial charge on any atom is 0.119 e. The fraction of sp³-hybridized carbons (Fsp3) is 0.500. The van der Waals surface area contributed by atoms with Crippen LogP contribution in [-0.2, 0) is 6.54 Å². The van der Waals surface area contributed by atoms with Gasteiger partial charge in [0.1, 0.15) is 11.5 Å². The summed E-state index contributed by atoms with van der Waals surface area (Å²) < 4.78 is 10.7. The van der Waals surface area contributed by atoms with Crippen molar-refractivity contribution in [3.05, 3.63) is 54.1 Å². The first kappa shape index (κ1) is 21.1. The molecule has 2 rings (SSSR count). The molecule has 0 saturated heterocycles. The molecule has 27 heavy (non-hydrogen) atoms. The summed E-state index contributed by atoms with van der Waals surface area (Å²) >= 11 is 0. The van der Waals surface area contributed by atoms with Gasteiger partial charge in [0.25, 0.3) is 0 Å². The highest BCUT2D eigenvalue weighted by Crippen LogP contribution is 2.23. The van der Waals surface area contributed by atoms with Crippen LogP contribution in [0.2, 0.25) is 0 Å². The van der Waals surface area contributed by atoms with Crippen LogP contribution in [0.15, 0.2) is 48.5 Å². The lowest BCUT2D eigenvalue weighted by molar-refractivity contribution is 0.414. The van der Waals surface area contributed by atoms with Crippen LogP contribution < -0.4 is 14.4 Å². The Hall–Kier alpha value is -2.16. The van der Waals surface area contributed by atoms with Crippen molar-refractivity contribution in [3.8, 4) is 11.5 Å². The van der Waals surface area contributed by atoms with Crippen LogP contribution >= 0.6 is 0 Å². The molecule has 3 nitrogen and oxygen atoms in total. The zero-order valence-electron chi connectivity index (χ0n) is 17.2. The minimum atomic E-state index is 0.888. The minimum Gasteiger partial charge on any atom is -0.497 e. The van der Waals surface area contributed by atoms with Gasteiger partial charge in [-0.2, -0.15) is 0 Å². The molecule has 0 spiro atoms. The van der Waals surface area contributed by atoms with Gasteiger partial charge in [0.2, 0.25) is 0 Å². The number of ether oxygens (including phenoxy) is 2. The maximum atomic E-state index is 5.38. The summed E-state index contributed by atoms with van der Waals surface area (Å²) in [6.07, 6.45) is 9.29. The van der Waals surface area contributed by atoms with E-state index in [9.17, 15) is 0 Å². The van der Waals surface area contributed by atoms with Gasteiger partial charge in [0, 0.05) is 18.8 Å². The lowest BCUT2D eigenvalue weighted by Gasteiger charge is -2.25. The molecule has 0 bridgehead atoms. The Labute approximate surface area is 165 Å². The van der Waals surface area contributed by atoms with E-state index in [4.69, 9.17) is 9.47 Å². The standard InChI is InChI=1S/C24H35NO2/c1-4-5-6-7-8-9-10-18-25(22-14-16-23(26-2)17-15-22)20-21-12-11-13-24(19-21)27-3/h11-17,19H,4-10,18,20H2,1-3H3. The molecule has 0 aliphatic heterocycles. The van der Waals surface area contributed by atoms with Crippen LogP contribution in [0.1, 0.15) is 57.4 Å². The van der Waals surface area contributed by atoms with Crippen molar-refractivity contribution in [1.29, 1.82) is 0 Å². The molecule has 148 valence electrons. The zero-order valence-corrected chi connectivity index (χ0v) is 17.2. The predicted molar refractivity (Wildman–Crippen MR) is 115 cm³/mol. The van der Waals surface area contributed by atoms with Crippen molar-refractivity contribution in [2.24, 2.45) is 0 Å². The smallest absolute Gasteiger partial charge is 0.119 e. The van der Waals surface area contributed by atoms with Gasteiger partial charge in [-0.05, 0) is 48.4 Å². The Morgan fingerprint density at radius 3 is 2.07 bits per heavy atom. The quantitative estimate of drug-likeness (QED) is 0.378. The molecule has 0 heterocycles. The van der Waals surface area contributed by atoms with E-state index < -0.39 is 0 Å². The molecule has 0 aliphatic rings. The van der Waals surface area contributed by atoms with Gasteiger partial charge in [0.15, 0.2) is 0 Å². The number of nitrogens with zero attached hydrogens (tertiary/aromatic N) is 1. The van der Waals surface area contributed by atoms with Crippen LogP contribution in [0.3, 0.4) is 0 Å². The largest absolute Gasteiger partial charge is 0.497 e. The van der Waals surface area contributed by atoms with E-state index >= 15 is 0 Å². The van der Waals surface area contributed by atoms with E-state index in [-0.39, 0.29) is 0 Å². The Bertz CT molecular complexity index is 639. The van der Waals surface area contributed by atoms with E-state index in [2.05, 4.69) is 42.2 Å². The number of hydrogen-bond donors (Lipinski definition) is 0. The Morgan fingerprint density at radius 1 is 0.741 bits per heavy atom. The average Bonchev–Trinajstić information content (AvgIpc) is 2.72. The van der Waals surface area contributed by atoms with Gasteiger partial charge in [-0.1, -0.05) is 57.6 Å². The van der Waals surface area contributed by atoms with Crippen molar-refractivity contribution in [2.75, 3.05) is 25.7 Å². The monoisotopic (exact) mass is 369 g/mol. The number of methoxy groups -OCH3 is 2. The van der Waals surface area contributed by atoms with Gasteiger partial charge in [0.05, 0.1) is 14.2 Å². The molecule has 0 N–H and O–H groups in total. The number of anilines is 1. The number of hydrogen-bond acceptors (Lipinski definition) is 3. The SMILES string of the molecule is CCCCCCCCCN(Cc1cccc(OC)c1)c1ccc(OC)cc1. The Balaban J connectivity index is 1.97. The van der Waals surface area contributed by atoms with E-state index in [0.29, 0.717) is 0 Å². The summed E-state index contributed by atoms with van der Waals surface area (Å²) in [6.45, 7) is 4.22. The lowest BCUT2D eigenvalue weighted by atomic mass is 10.1. The second-order valence-electron chi connectivity index (χ2n) is 7.09. The summed E-state index contributed by atoms with van der Waals surface area (Å²) in [5.41, 5.74) is 2.51. The zero-order chi connectivity index (χ0) is 19.3. The first-order valence-corrected chi connectivity index (χ1v) is 10.3. The van der Waals surface area contributed by atoms with Gasteiger partial charge >= 0.3 is 0 Å². The fourth-order valence-corrected chi connectivity index (χ4v) is 3.34. The van der Waals surface area contributed by atoms with Gasteiger partial charge in [-0.3, -0.25) is 0 Å². The number of benzene rings is 2. The van der Waals surface area contributed by atoms with Crippen molar-refractivity contribution < 1.29 is 9.47 Å². The first-order chi connectivity index (χ1) is 13.3. The van der Waals surface area contributed by atoms with E-state index in [1.54, 1.807) is 14.2 Å². The minimum absolute atomic E-state index is 0.888. The van der Waals surface area contributed by atoms with Crippen molar-refractivity contribution in [2.45, 2.75) is 58.4 Å². The second-order valence-corrected chi connectivity index (χ2v) is 7.09. The average molecular weight is 370 g/mol. The van der Waals surface area contributed by atoms with Crippen molar-refractivity contribution in [3.63, 3.8) is 0 Å². The highest BCUT2D eigenvalue weighted by molar-refractivity contribution is 5.49. The predicted octanol–water partition coefficient (Wildman–Crippen LogP) is 6.46. The van der Waals surface area contributed by atoms with Crippen LogP contribution in [0.4, 0.5) is 5.69 Å². The summed E-state index contributed by atoms with van der Waals surface area (Å²) in [7, 11) is 3.43. The molecular weight excluding hydrogens is 334 g/mol. The van der Waals surface area contributed by atoms with Gasteiger partial charge in [-0.15, -0.1) is 0 Å². The van der Waals surface area contributed by atoms with Gasteiger partial charge in [-0.25, -0.2) is 0 Å². The molecule has 0 radical (unpaired) electrons. The highest BCUT2D eigenvalue weighted by Gasteiger charge is 2.09. The topological polar surface area (TPSA) is 21.7 Å². The third-order valence-corrected chi connectivity index (χ3v) is 4.98. The molecule has 0 aliphatic carbocycles. The normalized spacial score (nSPS) is 10.6. The Morgan fingerprint density at radius 2 is 1.41 bits per heavy atom. The molecule has 0 atom stereocenters. The molecule has 0 unspecified atom stereocenters. The van der Waals surface area contributed by atoms with Gasteiger partial charge < -0.3 is 14.4 Å². The second kappa shape index (κ2) is 12.3. The lowest BCUT2D eigenvalue weighted by Crippen LogP contribution is -2.23. The summed E-state index contributed by atoms with van der Waals surface area (Å²) in [6, 6.07) is 16.7. The van der Waals surface area contributed by atoms with E-state index in [0.717, 1.165) is 24.6 Å². The molecule has 2 aromatic rings. The molecule has 2 aromatic carbocycles. The van der Waals surface area contributed by atoms with Crippen molar-refractivity contribution >= 4 is 5.69 Å². The van der Waals surface area contributed by atoms with Crippen molar-refractivity contribution in [1.82, 2.24) is 0 Å². The number of unbranched alkanes of at least 4 members (excludes halogenated alkanes) is 6. The summed E-state index contributed by atoms with van der Waals surface area (Å²) in [4.78, 5) is 2.46.